The molecule has 2 aromatic carbocycles. The van der Waals surface area contributed by atoms with Gasteiger partial charge in [0.25, 0.3) is 0 Å². The summed E-state index contributed by atoms with van der Waals surface area (Å²) in [6.07, 6.45) is 0.888. The average molecular weight is 396 g/mol. The maximum atomic E-state index is 13.2. The van der Waals surface area contributed by atoms with E-state index in [-0.39, 0.29) is 23.8 Å². The van der Waals surface area contributed by atoms with Gasteiger partial charge in [-0.25, -0.2) is 0 Å². The van der Waals surface area contributed by atoms with E-state index in [2.05, 4.69) is 5.32 Å². The van der Waals surface area contributed by atoms with Crippen LogP contribution >= 0.6 is 0 Å². The Morgan fingerprint density at radius 1 is 1.14 bits per heavy atom. The second kappa shape index (κ2) is 9.45. The highest BCUT2D eigenvalue weighted by atomic mass is 16.5. The van der Waals surface area contributed by atoms with Gasteiger partial charge in [0.15, 0.2) is 0 Å². The summed E-state index contributed by atoms with van der Waals surface area (Å²) in [5.41, 5.74) is 1.83. The first-order valence-electron chi connectivity index (χ1n) is 9.92. The molecule has 1 N–H and O–H groups in total. The van der Waals surface area contributed by atoms with Crippen LogP contribution in [0.1, 0.15) is 36.9 Å². The quantitative estimate of drug-likeness (QED) is 0.780. The van der Waals surface area contributed by atoms with E-state index in [0.29, 0.717) is 31.7 Å². The summed E-state index contributed by atoms with van der Waals surface area (Å²) in [4.78, 5) is 27.5. The molecule has 1 aliphatic heterocycles. The Morgan fingerprint density at radius 3 is 2.66 bits per heavy atom. The number of methoxy groups -OCH3 is 2. The van der Waals surface area contributed by atoms with E-state index >= 15 is 0 Å². The van der Waals surface area contributed by atoms with Crippen LogP contribution in [-0.2, 0) is 16.1 Å². The third-order valence-corrected chi connectivity index (χ3v) is 5.44. The molecule has 2 atom stereocenters. The first-order chi connectivity index (χ1) is 14.1. The predicted molar refractivity (Wildman–Crippen MR) is 111 cm³/mol. The molecule has 0 radical (unpaired) electrons. The molecule has 3 rings (SSSR count). The number of carbonyl (C=O) groups excluding carboxylic acids is 2. The number of carbonyl (C=O) groups is 2. The maximum Gasteiger partial charge on any atom is 0.225 e. The zero-order chi connectivity index (χ0) is 20.8. The number of ether oxygens (including phenoxy) is 2. The van der Waals surface area contributed by atoms with Crippen molar-refractivity contribution in [2.75, 3.05) is 20.8 Å². The van der Waals surface area contributed by atoms with Crippen molar-refractivity contribution >= 4 is 11.8 Å². The van der Waals surface area contributed by atoms with Crippen LogP contribution in [0.25, 0.3) is 0 Å². The molecule has 0 unspecified atom stereocenters. The van der Waals surface area contributed by atoms with Crippen molar-refractivity contribution in [3.05, 3.63) is 59.7 Å². The van der Waals surface area contributed by atoms with E-state index in [9.17, 15) is 9.59 Å². The second-order valence-corrected chi connectivity index (χ2v) is 7.08. The van der Waals surface area contributed by atoms with Gasteiger partial charge in [-0.05, 0) is 37.1 Å². The van der Waals surface area contributed by atoms with Crippen LogP contribution in [0.4, 0.5) is 0 Å². The highest BCUT2D eigenvalue weighted by molar-refractivity contribution is 5.85. The Balaban J connectivity index is 1.84. The fourth-order valence-corrected chi connectivity index (χ4v) is 4.00. The molecular formula is C23H28N2O4. The van der Waals surface area contributed by atoms with Crippen molar-refractivity contribution in [2.24, 2.45) is 5.92 Å². The number of nitrogens with one attached hydrogen (secondary N) is 1. The molecule has 1 aliphatic rings. The lowest BCUT2D eigenvalue weighted by Gasteiger charge is -2.40. The van der Waals surface area contributed by atoms with Gasteiger partial charge in [-0.2, -0.15) is 0 Å². The van der Waals surface area contributed by atoms with Gasteiger partial charge in [0.2, 0.25) is 11.8 Å². The van der Waals surface area contributed by atoms with Crippen LogP contribution in [0.3, 0.4) is 0 Å². The molecule has 0 aliphatic carbocycles. The van der Waals surface area contributed by atoms with Crippen molar-refractivity contribution in [3.63, 3.8) is 0 Å². The zero-order valence-corrected chi connectivity index (χ0v) is 17.2. The van der Waals surface area contributed by atoms with Crippen molar-refractivity contribution in [1.29, 1.82) is 0 Å². The third kappa shape index (κ3) is 4.53. The third-order valence-electron chi connectivity index (χ3n) is 5.44. The Morgan fingerprint density at radius 2 is 1.93 bits per heavy atom. The minimum absolute atomic E-state index is 0.0605. The normalized spacial score (nSPS) is 19.0. The van der Waals surface area contributed by atoms with Gasteiger partial charge in [0.1, 0.15) is 11.5 Å². The van der Waals surface area contributed by atoms with Gasteiger partial charge in [-0.3, -0.25) is 9.59 Å². The largest absolute Gasteiger partial charge is 0.497 e. The number of hydrogen-bond donors (Lipinski definition) is 1. The Bertz CT molecular complexity index is 867. The number of piperidine rings is 1. The number of benzene rings is 2. The van der Waals surface area contributed by atoms with Crippen LogP contribution < -0.4 is 14.8 Å². The van der Waals surface area contributed by atoms with Crippen LogP contribution in [0, 0.1) is 5.92 Å². The van der Waals surface area contributed by atoms with Gasteiger partial charge in [0, 0.05) is 25.1 Å². The minimum Gasteiger partial charge on any atom is -0.497 e. The molecule has 1 heterocycles. The van der Waals surface area contributed by atoms with E-state index in [0.717, 1.165) is 16.9 Å². The molecule has 154 valence electrons. The molecule has 6 nitrogen and oxygen atoms in total. The lowest BCUT2D eigenvalue weighted by atomic mass is 9.83. The van der Waals surface area contributed by atoms with E-state index < -0.39 is 0 Å². The lowest BCUT2D eigenvalue weighted by Crippen LogP contribution is -2.48. The van der Waals surface area contributed by atoms with E-state index in [1.807, 2.05) is 55.5 Å². The van der Waals surface area contributed by atoms with Gasteiger partial charge >= 0.3 is 0 Å². The van der Waals surface area contributed by atoms with Crippen LogP contribution in [0.15, 0.2) is 48.5 Å². The number of hydrogen-bond acceptors (Lipinski definition) is 4. The first-order valence-corrected chi connectivity index (χ1v) is 9.92. The fraction of sp³-hybridized carbons (Fsp3) is 0.391. The summed E-state index contributed by atoms with van der Waals surface area (Å²) < 4.78 is 10.8. The predicted octanol–water partition coefficient (Wildman–Crippen LogP) is 3.32. The van der Waals surface area contributed by atoms with E-state index in [1.165, 1.54) is 0 Å². The molecule has 1 saturated heterocycles. The van der Waals surface area contributed by atoms with Gasteiger partial charge in [-0.1, -0.05) is 30.3 Å². The van der Waals surface area contributed by atoms with E-state index in [1.54, 1.807) is 19.1 Å². The summed E-state index contributed by atoms with van der Waals surface area (Å²) in [5.74, 6) is 1.12. The first kappa shape index (κ1) is 20.7. The number of likely N-dealkylation sites (tertiary alicyclic amines) is 1. The average Bonchev–Trinajstić information content (AvgIpc) is 2.77. The summed E-state index contributed by atoms with van der Waals surface area (Å²) in [6, 6.07) is 14.9. The monoisotopic (exact) mass is 396 g/mol. The van der Waals surface area contributed by atoms with Crippen molar-refractivity contribution in [3.8, 4) is 11.5 Å². The number of para-hydroxylation sites is 1. The van der Waals surface area contributed by atoms with Crippen LogP contribution in [0.2, 0.25) is 0 Å². The molecule has 2 amide bonds. The Labute approximate surface area is 171 Å². The van der Waals surface area contributed by atoms with Gasteiger partial charge in [-0.15, -0.1) is 0 Å². The standard InChI is InChI=1S/C23H28N2O4/c1-4-25-21(26)13-12-19(22(25)18-10-5-6-11-20(18)29-3)23(27)24-15-16-8-7-9-17(14-16)28-2/h5-11,14,19,22H,4,12-13,15H2,1-3H3,(H,24,27)/t19-,22+/m1/s1. The smallest absolute Gasteiger partial charge is 0.225 e. The number of rotatable bonds is 7. The highest BCUT2D eigenvalue weighted by Crippen LogP contribution is 2.40. The molecule has 2 aromatic rings. The zero-order valence-electron chi connectivity index (χ0n) is 17.2. The number of amides is 2. The summed E-state index contributed by atoms with van der Waals surface area (Å²) in [7, 11) is 3.23. The molecule has 29 heavy (non-hydrogen) atoms. The Hall–Kier alpha value is -3.02. The lowest BCUT2D eigenvalue weighted by molar-refractivity contribution is -0.143. The van der Waals surface area contributed by atoms with Crippen molar-refractivity contribution in [2.45, 2.75) is 32.4 Å². The minimum atomic E-state index is -0.345. The topological polar surface area (TPSA) is 67.9 Å². The summed E-state index contributed by atoms with van der Waals surface area (Å²) >= 11 is 0. The van der Waals surface area contributed by atoms with Crippen LogP contribution in [-0.4, -0.2) is 37.5 Å². The van der Waals surface area contributed by atoms with E-state index in [4.69, 9.17) is 9.47 Å². The molecule has 0 saturated carbocycles. The van der Waals surface area contributed by atoms with Gasteiger partial charge in [0.05, 0.1) is 26.2 Å². The van der Waals surface area contributed by atoms with Crippen molar-refractivity contribution < 1.29 is 19.1 Å². The molecule has 1 fully saturated rings. The SMILES string of the molecule is CCN1C(=O)CC[C@@H](C(=O)NCc2cccc(OC)c2)[C@@H]1c1ccccc1OC. The molecule has 0 aromatic heterocycles. The maximum absolute atomic E-state index is 13.2. The van der Waals surface area contributed by atoms with Crippen LogP contribution in [0.5, 0.6) is 11.5 Å². The summed E-state index contributed by atoms with van der Waals surface area (Å²) in [5, 5.41) is 3.04. The second-order valence-electron chi connectivity index (χ2n) is 7.08. The molecule has 0 spiro atoms. The number of nitrogens with zero attached hydrogens (tertiary/aromatic N) is 1. The molecule has 0 bridgehead atoms. The molecular weight excluding hydrogens is 368 g/mol. The van der Waals surface area contributed by atoms with Crippen molar-refractivity contribution in [1.82, 2.24) is 10.2 Å². The highest BCUT2D eigenvalue weighted by Gasteiger charge is 2.41. The fourth-order valence-electron chi connectivity index (χ4n) is 4.00. The van der Waals surface area contributed by atoms with Gasteiger partial charge < -0.3 is 19.7 Å². The Kier molecular flexibility index (Phi) is 6.75. The summed E-state index contributed by atoms with van der Waals surface area (Å²) in [6.45, 7) is 2.89. The molecule has 6 heteroatoms.